The van der Waals surface area contributed by atoms with E-state index in [2.05, 4.69) is 64.4 Å². The molecule has 5 aromatic rings. The molecule has 0 aliphatic carbocycles. The van der Waals surface area contributed by atoms with E-state index in [4.69, 9.17) is 19.4 Å². The molecule has 5 rings (SSSR count). The van der Waals surface area contributed by atoms with Crippen LogP contribution in [0, 0.1) is 11.8 Å². The van der Waals surface area contributed by atoms with Crippen LogP contribution in [0.2, 0.25) is 0 Å². The van der Waals surface area contributed by atoms with Gasteiger partial charge in [-0.15, -0.1) is 45.3 Å². The van der Waals surface area contributed by atoms with Gasteiger partial charge in [0.2, 0.25) is 0 Å². The third-order valence-electron chi connectivity index (χ3n) is 12.0. The largest absolute Gasteiger partial charge is 0.491 e. The molecule has 4 heterocycles. The Morgan fingerprint density at radius 2 is 1.12 bits per heavy atom. The van der Waals surface area contributed by atoms with E-state index in [-0.39, 0.29) is 0 Å². The molecule has 0 spiro atoms. The number of thiazole rings is 2. The van der Waals surface area contributed by atoms with E-state index in [0.29, 0.717) is 11.8 Å². The molecule has 2 atom stereocenters. The summed E-state index contributed by atoms with van der Waals surface area (Å²) in [5.74, 6) is 3.23. The maximum Gasteiger partial charge on any atom is 0.153 e. The monoisotopic (exact) mass is 864 g/mol. The second kappa shape index (κ2) is 26.4. The Morgan fingerprint density at radius 3 is 1.72 bits per heavy atom. The minimum atomic E-state index is 0.564. The molecule has 4 nitrogen and oxygen atoms in total. The lowest BCUT2D eigenvalue weighted by atomic mass is 10.0. The Bertz CT molecular complexity index is 1800. The highest BCUT2D eigenvalue weighted by molar-refractivity contribution is 7.28. The third-order valence-corrected chi connectivity index (χ3v) is 16.4. The quantitative estimate of drug-likeness (QED) is 0.0404. The first-order valence-electron chi connectivity index (χ1n) is 23.7. The van der Waals surface area contributed by atoms with Crippen molar-refractivity contribution in [1.29, 1.82) is 0 Å². The third kappa shape index (κ3) is 13.8. The van der Waals surface area contributed by atoms with Crippen LogP contribution in [0.15, 0.2) is 22.9 Å². The van der Waals surface area contributed by atoms with Gasteiger partial charge in [0.05, 0.1) is 38.9 Å². The summed E-state index contributed by atoms with van der Waals surface area (Å²) >= 11 is 7.33. The minimum absolute atomic E-state index is 0.564. The molecule has 0 aliphatic heterocycles. The Balaban J connectivity index is 1.49. The van der Waals surface area contributed by atoms with Crippen molar-refractivity contribution in [2.45, 2.75) is 196 Å². The number of hydrogen-bond acceptors (Lipinski definition) is 8. The van der Waals surface area contributed by atoms with Crippen molar-refractivity contribution in [2.24, 2.45) is 11.8 Å². The molecule has 0 saturated heterocycles. The molecule has 0 fully saturated rings. The van der Waals surface area contributed by atoms with E-state index in [9.17, 15) is 0 Å². The van der Waals surface area contributed by atoms with Gasteiger partial charge in [-0.3, -0.25) is 0 Å². The maximum atomic E-state index is 6.98. The molecule has 4 aromatic heterocycles. The zero-order chi connectivity index (χ0) is 41.0. The van der Waals surface area contributed by atoms with Gasteiger partial charge in [-0.25, -0.2) is 9.97 Å². The average molecular weight is 865 g/mol. The van der Waals surface area contributed by atoms with Crippen LogP contribution in [-0.4, -0.2) is 23.2 Å². The Morgan fingerprint density at radius 1 is 0.552 bits per heavy atom. The van der Waals surface area contributed by atoms with Crippen molar-refractivity contribution in [1.82, 2.24) is 9.97 Å². The first kappa shape index (κ1) is 47.1. The van der Waals surface area contributed by atoms with Gasteiger partial charge in [-0.05, 0) is 67.9 Å². The summed E-state index contributed by atoms with van der Waals surface area (Å²) in [7, 11) is 0. The number of fused-ring (bicyclic) bond motifs is 2. The van der Waals surface area contributed by atoms with Gasteiger partial charge < -0.3 is 9.47 Å². The highest BCUT2D eigenvalue weighted by atomic mass is 32.1. The average Bonchev–Trinajstić information content (AvgIpc) is 4.07. The van der Waals surface area contributed by atoms with E-state index in [1.165, 1.54) is 170 Å². The topological polar surface area (TPSA) is 44.2 Å². The molecule has 322 valence electrons. The van der Waals surface area contributed by atoms with Crippen LogP contribution in [-0.2, 0) is 12.8 Å². The van der Waals surface area contributed by atoms with Crippen molar-refractivity contribution in [3.63, 3.8) is 0 Å². The van der Waals surface area contributed by atoms with Crippen molar-refractivity contribution < 1.29 is 9.47 Å². The summed E-state index contributed by atoms with van der Waals surface area (Å²) in [6, 6.07) is 4.70. The predicted molar refractivity (Wildman–Crippen MR) is 260 cm³/mol. The summed E-state index contributed by atoms with van der Waals surface area (Å²) in [6.07, 6.45) is 30.2. The summed E-state index contributed by atoms with van der Waals surface area (Å²) in [6.45, 7) is 15.3. The molecule has 0 radical (unpaired) electrons. The summed E-state index contributed by atoms with van der Waals surface area (Å²) in [5, 5.41) is 9.09. The van der Waals surface area contributed by atoms with E-state index >= 15 is 0 Å². The van der Waals surface area contributed by atoms with Crippen molar-refractivity contribution in [3.05, 3.63) is 34.3 Å². The zero-order valence-electron chi connectivity index (χ0n) is 37.2. The number of hydrogen-bond donors (Lipinski definition) is 0. The zero-order valence-corrected chi connectivity index (χ0v) is 40.5. The summed E-state index contributed by atoms with van der Waals surface area (Å²) in [4.78, 5) is 13.2. The second-order valence-corrected chi connectivity index (χ2v) is 20.6. The van der Waals surface area contributed by atoms with E-state index in [1.807, 2.05) is 22.7 Å². The molecular weight excluding hydrogens is 789 g/mol. The normalized spacial score (nSPS) is 12.9. The lowest BCUT2D eigenvalue weighted by Gasteiger charge is -2.19. The van der Waals surface area contributed by atoms with Gasteiger partial charge in [-0.2, -0.15) is 0 Å². The molecule has 0 bridgehead atoms. The smallest absolute Gasteiger partial charge is 0.153 e. The maximum absolute atomic E-state index is 6.98. The first-order chi connectivity index (χ1) is 28.5. The summed E-state index contributed by atoms with van der Waals surface area (Å²) in [5.41, 5.74) is 2.48. The van der Waals surface area contributed by atoms with E-state index in [1.54, 1.807) is 22.7 Å². The molecule has 58 heavy (non-hydrogen) atoms. The van der Waals surface area contributed by atoms with Crippen LogP contribution in [0.3, 0.4) is 0 Å². The molecule has 2 unspecified atom stereocenters. The highest BCUT2D eigenvalue weighted by Crippen LogP contribution is 2.52. The van der Waals surface area contributed by atoms with Crippen LogP contribution in [0.25, 0.3) is 39.9 Å². The Hall–Kier alpha value is -2.00. The van der Waals surface area contributed by atoms with E-state index in [0.717, 1.165) is 60.4 Å². The number of thiophene rings is 2. The molecular formula is C50H76N2O2S4. The van der Waals surface area contributed by atoms with E-state index < -0.39 is 0 Å². The Labute approximate surface area is 369 Å². The fourth-order valence-corrected chi connectivity index (χ4v) is 12.3. The van der Waals surface area contributed by atoms with Crippen molar-refractivity contribution >= 4 is 65.5 Å². The standard InChI is InChI=1S/C50H76N2O2S4/c1-7-13-17-19-21-23-25-29-39-36-56-49(51-39)50-52-42(30-26-24-22-20-18-14-8-2)48(58-50)43-33-41-45(54-35-38(12-6)28-16-10-4)46-40(31-32-55-46)44(47(41)57-43)53-34-37(11-5)27-15-9-3/h31-33,36-38H,7-30,34-35H2,1-6H3. The van der Waals surface area contributed by atoms with Gasteiger partial charge in [0.1, 0.15) is 11.5 Å². The predicted octanol–water partition coefficient (Wildman–Crippen LogP) is 18.1. The van der Waals surface area contributed by atoms with Crippen LogP contribution in [0.5, 0.6) is 11.5 Å². The SMILES string of the molecule is CCCCCCCCCc1csc(-c2nc(CCCCCCCCC)c(-c3cc4c(OCC(CC)CCCC)c5sccc5c(OCC(CC)CCCC)c4s3)s2)n1. The lowest BCUT2D eigenvalue weighted by molar-refractivity contribution is 0.235. The van der Waals surface area contributed by atoms with Crippen molar-refractivity contribution in [3.8, 4) is 31.3 Å². The number of benzene rings is 1. The molecule has 0 saturated carbocycles. The molecule has 8 heteroatoms. The Kier molecular flexibility index (Phi) is 21.4. The van der Waals surface area contributed by atoms with Gasteiger partial charge in [0.25, 0.3) is 0 Å². The van der Waals surface area contributed by atoms with Crippen LogP contribution >= 0.6 is 45.3 Å². The molecule has 0 amide bonds. The number of aryl methyl sites for hydroxylation is 2. The number of nitrogens with zero attached hydrogens (tertiary/aromatic N) is 2. The van der Waals surface area contributed by atoms with Crippen LogP contribution in [0.4, 0.5) is 0 Å². The second-order valence-electron chi connectivity index (χ2n) is 16.8. The fourth-order valence-electron chi connectivity index (χ4n) is 8.07. The minimum Gasteiger partial charge on any atom is -0.491 e. The number of unbranched alkanes of at least 4 members (excludes halogenated alkanes) is 14. The van der Waals surface area contributed by atoms with Gasteiger partial charge >= 0.3 is 0 Å². The number of ether oxygens (including phenoxy) is 2. The van der Waals surface area contributed by atoms with Gasteiger partial charge in [0.15, 0.2) is 10.0 Å². The fraction of sp³-hybridized carbons (Fsp3) is 0.680. The molecule has 0 aliphatic rings. The first-order valence-corrected chi connectivity index (χ1v) is 27.1. The van der Waals surface area contributed by atoms with Gasteiger partial charge in [0, 0.05) is 21.0 Å². The van der Waals surface area contributed by atoms with Crippen molar-refractivity contribution in [2.75, 3.05) is 13.2 Å². The summed E-state index contributed by atoms with van der Waals surface area (Å²) < 4.78 is 16.4. The molecule has 1 aromatic carbocycles. The van der Waals surface area contributed by atoms with Crippen LogP contribution in [0.1, 0.15) is 194 Å². The lowest BCUT2D eigenvalue weighted by Crippen LogP contribution is -2.12. The van der Waals surface area contributed by atoms with Gasteiger partial charge in [-0.1, -0.05) is 157 Å². The highest BCUT2D eigenvalue weighted by Gasteiger charge is 2.25. The molecule has 0 N–H and O–H groups in total. The number of rotatable bonds is 32. The van der Waals surface area contributed by atoms with Crippen LogP contribution < -0.4 is 9.47 Å². The number of aromatic nitrogens is 2.